The summed E-state index contributed by atoms with van der Waals surface area (Å²) in [5.41, 5.74) is 8.90. The number of hydrogen-bond acceptors (Lipinski definition) is 3. The third-order valence-electron chi connectivity index (χ3n) is 2.97. The molecule has 17 heavy (non-hydrogen) atoms. The SMILES string of the molecule is Nc1ccccc1C1OC(=O)c2ccccc21. The maximum absolute atomic E-state index is 11.7. The molecule has 3 nitrogen and oxygen atoms in total. The number of rotatable bonds is 1. The van der Waals surface area contributed by atoms with Gasteiger partial charge in [0, 0.05) is 16.8 Å². The highest BCUT2D eigenvalue weighted by Crippen LogP contribution is 2.37. The number of ether oxygens (including phenoxy) is 1. The molecule has 3 heteroatoms. The first-order valence-corrected chi connectivity index (χ1v) is 5.41. The first kappa shape index (κ1) is 9.90. The number of carbonyl (C=O) groups excluding carboxylic acids is 1. The Balaban J connectivity index is 2.14. The number of esters is 1. The predicted octanol–water partition coefficient (Wildman–Crippen LogP) is 2.53. The Morgan fingerprint density at radius 1 is 0.941 bits per heavy atom. The summed E-state index contributed by atoms with van der Waals surface area (Å²) >= 11 is 0. The zero-order chi connectivity index (χ0) is 11.8. The standard InChI is InChI=1S/C14H11NO2/c15-12-8-4-3-7-11(12)13-9-5-1-2-6-10(9)14(16)17-13/h1-8,13H,15H2. The molecule has 0 aliphatic carbocycles. The van der Waals surface area contributed by atoms with Crippen LogP contribution < -0.4 is 5.73 Å². The van der Waals surface area contributed by atoms with Gasteiger partial charge in [-0.05, 0) is 12.1 Å². The van der Waals surface area contributed by atoms with E-state index in [1.807, 2.05) is 42.5 Å². The lowest BCUT2D eigenvalue weighted by atomic mass is 9.98. The van der Waals surface area contributed by atoms with Crippen LogP contribution in [0.2, 0.25) is 0 Å². The van der Waals surface area contributed by atoms with Gasteiger partial charge in [-0.2, -0.15) is 0 Å². The van der Waals surface area contributed by atoms with Crippen molar-refractivity contribution in [2.45, 2.75) is 6.10 Å². The second kappa shape index (κ2) is 3.63. The lowest BCUT2D eigenvalue weighted by Gasteiger charge is -2.13. The smallest absolute Gasteiger partial charge is 0.339 e. The Morgan fingerprint density at radius 2 is 1.59 bits per heavy atom. The summed E-state index contributed by atoms with van der Waals surface area (Å²) in [5.74, 6) is -0.283. The van der Waals surface area contributed by atoms with Crippen molar-refractivity contribution >= 4 is 11.7 Å². The van der Waals surface area contributed by atoms with Crippen LogP contribution in [0.4, 0.5) is 5.69 Å². The van der Waals surface area contributed by atoms with E-state index in [-0.39, 0.29) is 12.1 Å². The van der Waals surface area contributed by atoms with Gasteiger partial charge in [-0.3, -0.25) is 0 Å². The van der Waals surface area contributed by atoms with E-state index < -0.39 is 0 Å². The van der Waals surface area contributed by atoms with Crippen molar-refractivity contribution in [2.24, 2.45) is 0 Å². The Bertz CT molecular complexity index is 592. The fourth-order valence-electron chi connectivity index (χ4n) is 2.13. The van der Waals surface area contributed by atoms with Gasteiger partial charge in [0.25, 0.3) is 0 Å². The number of nitrogens with two attached hydrogens (primary N) is 1. The van der Waals surface area contributed by atoms with E-state index in [1.165, 1.54) is 0 Å². The van der Waals surface area contributed by atoms with Crippen molar-refractivity contribution in [3.63, 3.8) is 0 Å². The summed E-state index contributed by atoms with van der Waals surface area (Å²) < 4.78 is 5.38. The van der Waals surface area contributed by atoms with E-state index in [9.17, 15) is 4.79 Å². The first-order chi connectivity index (χ1) is 8.27. The average molecular weight is 225 g/mol. The highest BCUT2D eigenvalue weighted by Gasteiger charge is 2.32. The van der Waals surface area contributed by atoms with Crippen molar-refractivity contribution < 1.29 is 9.53 Å². The molecule has 1 aliphatic heterocycles. The molecule has 2 aromatic carbocycles. The van der Waals surface area contributed by atoms with E-state index in [0.29, 0.717) is 11.3 Å². The largest absolute Gasteiger partial charge is 0.449 e. The number of anilines is 1. The van der Waals surface area contributed by atoms with Gasteiger partial charge in [-0.25, -0.2) is 4.79 Å². The van der Waals surface area contributed by atoms with Crippen LogP contribution in [0.5, 0.6) is 0 Å². The number of fused-ring (bicyclic) bond motifs is 1. The van der Waals surface area contributed by atoms with Crippen molar-refractivity contribution in [1.82, 2.24) is 0 Å². The molecular formula is C14H11NO2. The monoisotopic (exact) mass is 225 g/mol. The first-order valence-electron chi connectivity index (χ1n) is 5.41. The molecule has 3 rings (SSSR count). The number of nitrogen functional groups attached to an aromatic ring is 1. The Hall–Kier alpha value is -2.29. The molecular weight excluding hydrogens is 214 g/mol. The van der Waals surface area contributed by atoms with Crippen LogP contribution in [0.1, 0.15) is 27.6 Å². The summed E-state index contributed by atoms with van der Waals surface area (Å²) in [7, 11) is 0. The van der Waals surface area contributed by atoms with E-state index in [2.05, 4.69) is 0 Å². The van der Waals surface area contributed by atoms with Crippen LogP contribution in [0.3, 0.4) is 0 Å². The fourth-order valence-corrected chi connectivity index (χ4v) is 2.13. The van der Waals surface area contributed by atoms with Gasteiger partial charge >= 0.3 is 5.97 Å². The number of hydrogen-bond donors (Lipinski definition) is 1. The molecule has 1 unspecified atom stereocenters. The molecule has 0 fully saturated rings. The number of cyclic esters (lactones) is 1. The van der Waals surface area contributed by atoms with Crippen molar-refractivity contribution in [2.75, 3.05) is 5.73 Å². The average Bonchev–Trinajstić information content (AvgIpc) is 2.68. The fraction of sp³-hybridized carbons (Fsp3) is 0.0714. The highest BCUT2D eigenvalue weighted by atomic mass is 16.5. The highest BCUT2D eigenvalue weighted by molar-refractivity contribution is 5.94. The molecule has 1 aliphatic rings. The quantitative estimate of drug-likeness (QED) is 0.599. The molecule has 0 aromatic heterocycles. The van der Waals surface area contributed by atoms with E-state index in [4.69, 9.17) is 10.5 Å². The third-order valence-corrected chi connectivity index (χ3v) is 2.97. The molecule has 0 radical (unpaired) electrons. The minimum absolute atomic E-state index is 0.283. The Labute approximate surface area is 98.8 Å². The summed E-state index contributed by atoms with van der Waals surface area (Å²) in [5, 5.41) is 0. The minimum Gasteiger partial charge on any atom is -0.449 e. The zero-order valence-corrected chi connectivity index (χ0v) is 9.09. The van der Waals surface area contributed by atoms with Crippen LogP contribution in [0.15, 0.2) is 48.5 Å². The zero-order valence-electron chi connectivity index (χ0n) is 9.09. The predicted molar refractivity (Wildman–Crippen MR) is 64.6 cm³/mol. The summed E-state index contributed by atoms with van der Waals surface area (Å²) in [6.45, 7) is 0. The van der Waals surface area contributed by atoms with Gasteiger partial charge in [0.15, 0.2) is 6.10 Å². The molecule has 0 saturated heterocycles. The van der Waals surface area contributed by atoms with Crippen molar-refractivity contribution in [3.8, 4) is 0 Å². The maximum Gasteiger partial charge on any atom is 0.339 e. The molecule has 0 bridgehead atoms. The van der Waals surface area contributed by atoms with E-state index >= 15 is 0 Å². The lowest BCUT2D eigenvalue weighted by molar-refractivity contribution is 0.0457. The van der Waals surface area contributed by atoms with Crippen LogP contribution in [-0.2, 0) is 4.74 Å². The van der Waals surface area contributed by atoms with Crippen LogP contribution in [-0.4, -0.2) is 5.97 Å². The third kappa shape index (κ3) is 1.47. The van der Waals surface area contributed by atoms with Gasteiger partial charge < -0.3 is 10.5 Å². The van der Waals surface area contributed by atoms with Gasteiger partial charge in [0.1, 0.15) is 0 Å². The second-order valence-electron chi connectivity index (χ2n) is 4.00. The normalized spacial score (nSPS) is 17.6. The van der Waals surface area contributed by atoms with E-state index in [0.717, 1.165) is 11.1 Å². The van der Waals surface area contributed by atoms with Crippen LogP contribution in [0, 0.1) is 0 Å². The van der Waals surface area contributed by atoms with Gasteiger partial charge in [0.05, 0.1) is 5.56 Å². The van der Waals surface area contributed by atoms with Crippen LogP contribution >= 0.6 is 0 Å². The van der Waals surface area contributed by atoms with E-state index in [1.54, 1.807) is 6.07 Å². The summed E-state index contributed by atoms with van der Waals surface area (Å²) in [4.78, 5) is 11.7. The molecule has 0 spiro atoms. The lowest BCUT2D eigenvalue weighted by Crippen LogP contribution is -2.04. The second-order valence-corrected chi connectivity index (χ2v) is 4.00. The van der Waals surface area contributed by atoms with Crippen molar-refractivity contribution in [3.05, 3.63) is 65.2 Å². The summed E-state index contributed by atoms with van der Waals surface area (Å²) in [6, 6.07) is 14.8. The molecule has 0 saturated carbocycles. The summed E-state index contributed by atoms with van der Waals surface area (Å²) in [6.07, 6.45) is -0.375. The molecule has 0 amide bonds. The molecule has 2 N–H and O–H groups in total. The van der Waals surface area contributed by atoms with Gasteiger partial charge in [-0.1, -0.05) is 36.4 Å². The molecule has 1 atom stereocenters. The minimum atomic E-state index is -0.375. The number of benzene rings is 2. The molecule has 2 aromatic rings. The van der Waals surface area contributed by atoms with Gasteiger partial charge in [-0.15, -0.1) is 0 Å². The Kier molecular flexibility index (Phi) is 2.11. The maximum atomic E-state index is 11.7. The molecule has 84 valence electrons. The molecule has 1 heterocycles. The number of carbonyl (C=O) groups is 1. The van der Waals surface area contributed by atoms with Gasteiger partial charge in [0.2, 0.25) is 0 Å². The Morgan fingerprint density at radius 3 is 2.35 bits per heavy atom. The topological polar surface area (TPSA) is 52.3 Å². The van der Waals surface area contributed by atoms with Crippen LogP contribution in [0.25, 0.3) is 0 Å². The number of para-hydroxylation sites is 1. The van der Waals surface area contributed by atoms with Crippen molar-refractivity contribution in [1.29, 1.82) is 0 Å².